The Labute approximate surface area is 272 Å². The Kier molecular flexibility index (Phi) is 12.4. The van der Waals surface area contributed by atoms with Gasteiger partial charge in [0.15, 0.2) is 11.4 Å². The fourth-order valence-corrected chi connectivity index (χ4v) is 6.15. The molecule has 1 saturated heterocycles. The zero-order valence-electron chi connectivity index (χ0n) is 25.6. The first kappa shape index (κ1) is 33.3. The van der Waals surface area contributed by atoms with Gasteiger partial charge in [-0.1, -0.05) is 91.3 Å². The number of aliphatic hydroxyl groups excluding tert-OH is 1. The molecule has 0 unspecified atom stereocenters. The molecule has 1 aliphatic heterocycles. The minimum absolute atomic E-state index is 0.000600. The first-order chi connectivity index (χ1) is 22.5. The molecule has 0 radical (unpaired) electrons. The van der Waals surface area contributed by atoms with Gasteiger partial charge in [0.25, 0.3) is 0 Å². The van der Waals surface area contributed by atoms with Crippen molar-refractivity contribution in [2.45, 2.75) is 81.8 Å². The third kappa shape index (κ3) is 9.98. The van der Waals surface area contributed by atoms with Gasteiger partial charge in [-0.25, -0.2) is 4.98 Å². The molecule has 0 spiro atoms. The number of aliphatic hydroxyl groups is 1. The van der Waals surface area contributed by atoms with Gasteiger partial charge in [-0.2, -0.15) is 5.10 Å². The molecule has 1 aromatic heterocycles. The number of carbonyl (C=O) groups is 2. The maximum Gasteiger partial charge on any atom is 0.303 e. The van der Waals surface area contributed by atoms with Crippen LogP contribution in [-0.2, 0) is 32.2 Å². The fraction of sp³-hybridized carbons (Fsp3) is 0.371. The van der Waals surface area contributed by atoms with Crippen molar-refractivity contribution in [2.24, 2.45) is 0 Å². The molecule has 4 aromatic rings. The van der Waals surface area contributed by atoms with Crippen LogP contribution in [0.25, 0.3) is 11.1 Å². The van der Waals surface area contributed by atoms with Gasteiger partial charge >= 0.3 is 5.97 Å². The first-order valence-electron chi connectivity index (χ1n) is 15.6. The summed E-state index contributed by atoms with van der Waals surface area (Å²) in [7, 11) is 0. The normalized spacial score (nSPS) is 17.9. The number of aromatic amines is 1. The van der Waals surface area contributed by atoms with Crippen molar-refractivity contribution < 1.29 is 29.3 Å². The molecule has 0 saturated carbocycles. The minimum atomic E-state index is -0.775. The third-order valence-corrected chi connectivity index (χ3v) is 8.90. The van der Waals surface area contributed by atoms with E-state index in [0.717, 1.165) is 57.8 Å². The lowest BCUT2D eigenvalue weighted by Gasteiger charge is -2.36. The predicted octanol–water partition coefficient (Wildman–Crippen LogP) is 6.34. The SMILES string of the molecule is O=C(O)CCCCCCC(=O)NCc1cccc(-c2ccc([C@@H]3O[C@H](CSc4ncn[nH]4)C[C@H](c4ccc(CO)cc4)O3)cc2)c1. The highest BCUT2D eigenvalue weighted by atomic mass is 32.2. The first-order valence-corrected chi connectivity index (χ1v) is 16.6. The topological polar surface area (TPSA) is 147 Å². The minimum Gasteiger partial charge on any atom is -0.481 e. The van der Waals surface area contributed by atoms with Crippen molar-refractivity contribution in [3.8, 4) is 11.1 Å². The second-order valence-electron chi connectivity index (χ2n) is 11.4. The van der Waals surface area contributed by atoms with E-state index in [4.69, 9.17) is 14.6 Å². The molecule has 4 N–H and O–H groups in total. The number of nitrogens with zero attached hydrogens (tertiary/aromatic N) is 2. The summed E-state index contributed by atoms with van der Waals surface area (Å²) < 4.78 is 12.9. The number of thioether (sulfide) groups is 1. The number of ether oxygens (including phenoxy) is 2. The van der Waals surface area contributed by atoms with Gasteiger partial charge in [-0.05, 0) is 46.7 Å². The number of amides is 1. The van der Waals surface area contributed by atoms with E-state index >= 15 is 0 Å². The average molecular weight is 645 g/mol. The number of rotatable bonds is 16. The summed E-state index contributed by atoms with van der Waals surface area (Å²) in [6.07, 6.45) is 5.07. The Hall–Kier alpha value is -4.03. The quantitative estimate of drug-likeness (QED) is 0.0810. The monoisotopic (exact) mass is 644 g/mol. The van der Waals surface area contributed by atoms with Crippen LogP contribution in [0.1, 0.15) is 79.6 Å². The Morgan fingerprint density at radius 1 is 0.891 bits per heavy atom. The highest BCUT2D eigenvalue weighted by Crippen LogP contribution is 2.39. The Balaban J connectivity index is 1.19. The largest absolute Gasteiger partial charge is 0.481 e. The summed E-state index contributed by atoms with van der Waals surface area (Å²) >= 11 is 1.56. The molecule has 0 bridgehead atoms. The lowest BCUT2D eigenvalue weighted by Crippen LogP contribution is -2.31. The zero-order chi connectivity index (χ0) is 32.1. The van der Waals surface area contributed by atoms with Crippen LogP contribution in [0.15, 0.2) is 84.3 Å². The van der Waals surface area contributed by atoms with Crippen LogP contribution in [0.5, 0.6) is 0 Å². The van der Waals surface area contributed by atoms with Crippen molar-refractivity contribution in [3.05, 3.63) is 101 Å². The molecule has 5 rings (SSSR count). The van der Waals surface area contributed by atoms with Gasteiger partial charge < -0.3 is 25.0 Å². The molecule has 1 aliphatic rings. The van der Waals surface area contributed by atoms with Crippen LogP contribution in [0, 0.1) is 0 Å². The molecule has 46 heavy (non-hydrogen) atoms. The third-order valence-electron chi connectivity index (χ3n) is 7.89. The molecule has 11 heteroatoms. The summed E-state index contributed by atoms with van der Waals surface area (Å²) in [6, 6.07) is 24.1. The van der Waals surface area contributed by atoms with Gasteiger partial charge in [0.2, 0.25) is 5.91 Å². The average Bonchev–Trinajstić information content (AvgIpc) is 3.62. The van der Waals surface area contributed by atoms with Crippen molar-refractivity contribution >= 4 is 23.6 Å². The molecule has 2 heterocycles. The molecule has 242 valence electrons. The molecule has 3 aromatic carbocycles. The molecule has 10 nitrogen and oxygen atoms in total. The number of carboxylic acid groups (broad SMARTS) is 1. The zero-order valence-corrected chi connectivity index (χ0v) is 26.5. The van der Waals surface area contributed by atoms with Crippen molar-refractivity contribution in [1.82, 2.24) is 20.5 Å². The summed E-state index contributed by atoms with van der Waals surface area (Å²) in [4.78, 5) is 27.1. The number of carbonyl (C=O) groups excluding carboxylic acids is 1. The number of benzene rings is 3. The number of nitrogens with one attached hydrogen (secondary N) is 2. The second kappa shape index (κ2) is 17.0. The van der Waals surface area contributed by atoms with E-state index in [9.17, 15) is 14.7 Å². The van der Waals surface area contributed by atoms with Gasteiger partial charge in [0.1, 0.15) is 6.33 Å². The lowest BCUT2D eigenvalue weighted by atomic mass is 9.99. The number of hydrogen-bond donors (Lipinski definition) is 4. The molecule has 1 fully saturated rings. The van der Waals surface area contributed by atoms with E-state index in [1.54, 1.807) is 11.8 Å². The van der Waals surface area contributed by atoms with E-state index in [1.807, 2.05) is 54.6 Å². The van der Waals surface area contributed by atoms with Gasteiger partial charge in [0, 0.05) is 37.1 Å². The van der Waals surface area contributed by atoms with Gasteiger partial charge in [0.05, 0.1) is 18.8 Å². The molecule has 0 aliphatic carbocycles. The van der Waals surface area contributed by atoms with Crippen LogP contribution in [0.2, 0.25) is 0 Å². The number of aromatic nitrogens is 3. The Morgan fingerprint density at radius 3 is 2.37 bits per heavy atom. The predicted molar refractivity (Wildman–Crippen MR) is 175 cm³/mol. The van der Waals surface area contributed by atoms with E-state index in [2.05, 4.69) is 38.7 Å². The summed E-state index contributed by atoms with van der Waals surface area (Å²) in [5, 5.41) is 28.7. The molecule has 1 amide bonds. The number of aliphatic carboxylic acids is 1. The van der Waals surface area contributed by atoms with Crippen LogP contribution in [0.3, 0.4) is 0 Å². The number of hydrogen-bond acceptors (Lipinski definition) is 8. The highest BCUT2D eigenvalue weighted by molar-refractivity contribution is 7.99. The number of carboxylic acids is 1. The van der Waals surface area contributed by atoms with E-state index < -0.39 is 12.3 Å². The van der Waals surface area contributed by atoms with Crippen molar-refractivity contribution in [3.63, 3.8) is 0 Å². The Bertz CT molecular complexity index is 1530. The van der Waals surface area contributed by atoms with E-state index in [-0.39, 0.29) is 31.1 Å². The van der Waals surface area contributed by atoms with Crippen LogP contribution in [-0.4, -0.2) is 49.1 Å². The lowest BCUT2D eigenvalue weighted by molar-refractivity contribution is -0.245. The van der Waals surface area contributed by atoms with Crippen molar-refractivity contribution in [2.75, 3.05) is 5.75 Å². The van der Waals surface area contributed by atoms with Crippen LogP contribution in [0.4, 0.5) is 0 Å². The molecule has 3 atom stereocenters. The maximum absolute atomic E-state index is 12.3. The Morgan fingerprint density at radius 2 is 1.65 bits per heavy atom. The number of unbranched alkanes of at least 4 members (excludes halogenated alkanes) is 3. The van der Waals surface area contributed by atoms with Crippen LogP contribution < -0.4 is 5.32 Å². The van der Waals surface area contributed by atoms with E-state index in [1.165, 1.54) is 6.33 Å². The van der Waals surface area contributed by atoms with E-state index in [0.29, 0.717) is 31.6 Å². The van der Waals surface area contributed by atoms with Crippen molar-refractivity contribution in [1.29, 1.82) is 0 Å². The summed E-state index contributed by atoms with van der Waals surface area (Å²) in [5.74, 6) is -0.0857. The fourth-order valence-electron chi connectivity index (χ4n) is 5.36. The molecular formula is C35H40N4O6S. The molecular weight excluding hydrogens is 604 g/mol. The van der Waals surface area contributed by atoms with Gasteiger partial charge in [-0.15, -0.1) is 0 Å². The smallest absolute Gasteiger partial charge is 0.303 e. The van der Waals surface area contributed by atoms with Gasteiger partial charge in [-0.3, -0.25) is 14.7 Å². The number of H-pyrrole nitrogens is 1. The summed E-state index contributed by atoms with van der Waals surface area (Å²) in [5.41, 5.74) is 5.91. The standard InChI is InChI=1S/C35H40N4O6S/c40-21-24-10-12-27(13-11-24)31-19-30(22-46-35-37-23-38-39-35)44-34(45-31)28-16-14-26(15-17-28)29-7-5-6-25(18-29)20-36-32(41)8-3-1-2-4-9-33(42)43/h5-7,10-18,23,30-31,34,40H,1-4,8-9,19-22H2,(H,36,41)(H,42,43)(H,37,38,39)/t30-,31+,34+/m0/s1. The highest BCUT2D eigenvalue weighted by Gasteiger charge is 2.32. The second-order valence-corrected chi connectivity index (χ2v) is 12.4. The maximum atomic E-state index is 12.3. The summed E-state index contributed by atoms with van der Waals surface area (Å²) in [6.45, 7) is 0.443. The van der Waals surface area contributed by atoms with Crippen LogP contribution >= 0.6 is 11.8 Å².